The Hall–Kier alpha value is -8.46. The van der Waals surface area contributed by atoms with E-state index in [2.05, 4.69) is 97.6 Å². The number of sulfone groups is 2. The van der Waals surface area contributed by atoms with Crippen LogP contribution in [0, 0.1) is 13.8 Å². The summed E-state index contributed by atoms with van der Waals surface area (Å²) >= 11 is 0. The fourth-order valence-corrected chi connectivity index (χ4v) is 16.5. The van der Waals surface area contributed by atoms with Crippen LogP contribution in [-0.4, -0.2) is 175 Å². The zero-order chi connectivity index (χ0) is 73.5. The average Bonchev–Trinajstić information content (AvgIpc) is 0.802. The van der Waals surface area contributed by atoms with Gasteiger partial charge in [-0.3, -0.25) is 13.8 Å². The van der Waals surface area contributed by atoms with E-state index in [0.717, 1.165) is 54.0 Å². The van der Waals surface area contributed by atoms with E-state index >= 15 is 0 Å². The second-order valence-corrected chi connectivity index (χ2v) is 34.0. The van der Waals surface area contributed by atoms with Crippen LogP contribution in [0.4, 0.5) is 0 Å². The van der Waals surface area contributed by atoms with E-state index in [9.17, 15) is 47.8 Å². The molecule has 20 nitrogen and oxygen atoms in total. The molecule has 0 saturated carbocycles. The van der Waals surface area contributed by atoms with Gasteiger partial charge in [0.15, 0.2) is 0 Å². The first-order valence-electron chi connectivity index (χ1n) is 34.0. The molecule has 0 N–H and O–H groups in total. The minimum atomic E-state index is -4.23. The topological polar surface area (TPSA) is 250 Å². The van der Waals surface area contributed by atoms with E-state index in [1.165, 1.54) is 56.2 Å². The van der Waals surface area contributed by atoms with Crippen LogP contribution in [0.3, 0.4) is 0 Å². The first kappa shape index (κ1) is 77.7. The van der Waals surface area contributed by atoms with Gasteiger partial charge in [0, 0.05) is 62.0 Å². The highest BCUT2D eigenvalue weighted by molar-refractivity contribution is 7.91. The molecule has 2 atom stereocenters. The molecule has 3 heterocycles. The number of amides is 2. The van der Waals surface area contributed by atoms with Gasteiger partial charge in [0.1, 0.15) is 34.5 Å². The van der Waals surface area contributed by atoms with Crippen LogP contribution in [0.15, 0.2) is 214 Å². The molecular weight excluding hydrogens is 1380 g/mol. The lowest BCUT2D eigenvalue weighted by molar-refractivity contribution is -0.913. The summed E-state index contributed by atoms with van der Waals surface area (Å²) in [5.74, 6) is 3.55. The van der Waals surface area contributed by atoms with Gasteiger partial charge < -0.3 is 42.7 Å². The summed E-state index contributed by atoms with van der Waals surface area (Å²) in [6, 6.07) is 58.0. The molecule has 24 heteroatoms. The van der Waals surface area contributed by atoms with E-state index in [1.807, 2.05) is 60.2 Å². The van der Waals surface area contributed by atoms with Crippen LogP contribution >= 0.6 is 0 Å². The van der Waals surface area contributed by atoms with Gasteiger partial charge in [0.05, 0.1) is 96.1 Å². The Kier molecular flexibility index (Phi) is 25.7. The van der Waals surface area contributed by atoms with Crippen molar-refractivity contribution in [3.05, 3.63) is 228 Å². The van der Waals surface area contributed by atoms with Gasteiger partial charge in [-0.2, -0.15) is 8.42 Å². The monoisotopic (exact) mass is 1470 g/mol. The molecule has 3 saturated heterocycles. The summed E-state index contributed by atoms with van der Waals surface area (Å²) < 4.78 is 133. The van der Waals surface area contributed by atoms with Crippen molar-refractivity contribution in [3.63, 3.8) is 0 Å². The number of hydrogen-bond donors (Lipinski definition) is 0. The second kappa shape index (κ2) is 33.8. The Balaban J connectivity index is 0.000000218. The maximum absolute atomic E-state index is 13.5. The minimum absolute atomic E-state index is 0.0825. The zero-order valence-electron chi connectivity index (χ0n) is 59.2. The van der Waals surface area contributed by atoms with Gasteiger partial charge in [-0.1, -0.05) is 97.8 Å². The molecule has 3 fully saturated rings. The van der Waals surface area contributed by atoms with E-state index in [-0.39, 0.29) is 48.3 Å². The molecule has 2 amide bonds. The Morgan fingerprint density at radius 1 is 0.490 bits per heavy atom. The molecule has 8 aromatic rings. The fraction of sp³-hybridized carbons (Fsp3) is 0.359. The molecule has 3 aliphatic heterocycles. The van der Waals surface area contributed by atoms with Crippen molar-refractivity contribution >= 4 is 51.7 Å². The smallest absolute Gasteiger partial charge is 0.267 e. The van der Waals surface area contributed by atoms with Gasteiger partial charge in [-0.25, -0.2) is 25.3 Å². The molecule has 2 unspecified atom stereocenters. The number of piperazine rings is 2. The molecular formula is C78H92N4O16S4. The van der Waals surface area contributed by atoms with Gasteiger partial charge in [0.2, 0.25) is 31.5 Å². The molecule has 544 valence electrons. The SMILES string of the molecule is COc1ccc(S(=O)(=O)c2ccc(Oc3ccc(C(C)(CCC(=O)N4CCN(C)CC4)c4ccc(C)cc4)cc3)cc2)cc1.COc1ccc(S(=O)(=O)c2ccc(Oc3ccc(C(C)(CCC(=O)N4CC[N+](C)(CCCS(=O)(=O)[O-])CC4)c4ccc(C)cc4)cc3)cc2)cc1.O=S1(=O)CCCO1. The number of hydrogen-bond acceptors (Lipinski definition) is 17. The van der Waals surface area contributed by atoms with Gasteiger partial charge >= 0.3 is 0 Å². The summed E-state index contributed by atoms with van der Waals surface area (Å²) in [6.45, 7) is 15.4. The van der Waals surface area contributed by atoms with Gasteiger partial charge in [-0.15, -0.1) is 0 Å². The Morgan fingerprint density at radius 2 is 0.804 bits per heavy atom. The van der Waals surface area contributed by atoms with Crippen molar-refractivity contribution in [1.82, 2.24) is 14.7 Å². The normalized spacial score (nSPS) is 16.5. The van der Waals surface area contributed by atoms with E-state index in [4.69, 9.17) is 18.9 Å². The lowest BCUT2D eigenvalue weighted by Gasteiger charge is -2.42. The molecule has 0 spiro atoms. The minimum Gasteiger partial charge on any atom is -0.748 e. The highest BCUT2D eigenvalue weighted by Crippen LogP contribution is 2.41. The molecule has 8 aromatic carbocycles. The second-order valence-electron chi connectivity index (χ2n) is 26.9. The number of ether oxygens (including phenoxy) is 4. The van der Waals surface area contributed by atoms with Crippen molar-refractivity contribution in [2.24, 2.45) is 0 Å². The average molecular weight is 1470 g/mol. The highest BCUT2D eigenvalue weighted by Gasteiger charge is 2.35. The van der Waals surface area contributed by atoms with E-state index < -0.39 is 45.3 Å². The van der Waals surface area contributed by atoms with Crippen molar-refractivity contribution in [3.8, 4) is 34.5 Å². The van der Waals surface area contributed by atoms with Crippen molar-refractivity contribution in [2.45, 2.75) is 96.6 Å². The Morgan fingerprint density at radius 3 is 1.10 bits per heavy atom. The summed E-state index contributed by atoms with van der Waals surface area (Å²) in [4.78, 5) is 33.5. The van der Waals surface area contributed by atoms with Crippen molar-refractivity contribution < 1.29 is 75.4 Å². The summed E-state index contributed by atoms with van der Waals surface area (Å²) in [7, 11) is -7.45. The first-order valence-corrected chi connectivity index (χ1v) is 40.1. The number of carbonyl (C=O) groups excluding carboxylic acids is 2. The number of carbonyl (C=O) groups is 2. The standard InChI is InChI=1S/C39H46N2O8S2.C36H40N2O5S.C3H6O3S/c1-30-6-8-31(9-7-30)39(2,23-22-38(42)40-24-27-41(3,28-25-40)26-5-29-50(43,44)45)32-10-12-34(13-11-32)49-35-16-20-37(21-17-35)51(46,47)36-18-14-33(48-4)15-19-36;1-27-5-7-28(8-6-27)36(2,22-21-35(39)38-25-23-37(3)24-26-38)29-9-11-31(12-10-29)43-32-15-19-34(20-16-32)44(40,41)33-17-13-30(42-4)14-18-33;4-7(5)3-1-2-6-7/h6-21H,5,22-29H2,1-4H3;5-20H,21-26H2,1-4H3;1-3H2. The number of nitrogens with zero attached hydrogens (tertiary/aromatic N) is 4. The third-order valence-corrected chi connectivity index (χ3v) is 25.1. The lowest BCUT2D eigenvalue weighted by atomic mass is 9.72. The zero-order valence-corrected chi connectivity index (χ0v) is 62.4. The molecule has 102 heavy (non-hydrogen) atoms. The lowest BCUT2D eigenvalue weighted by Crippen LogP contribution is -2.58. The Bertz CT molecular complexity index is 4560. The highest BCUT2D eigenvalue weighted by atomic mass is 32.2. The maximum Gasteiger partial charge on any atom is 0.267 e. The number of rotatable bonds is 24. The third kappa shape index (κ3) is 20.7. The van der Waals surface area contributed by atoms with Crippen LogP contribution in [-0.2, 0) is 64.5 Å². The number of aryl methyl sites for hydroxylation is 2. The van der Waals surface area contributed by atoms with Crippen LogP contribution < -0.4 is 18.9 Å². The fourth-order valence-electron chi connectivity index (χ4n) is 12.6. The predicted molar refractivity (Wildman–Crippen MR) is 392 cm³/mol. The Labute approximate surface area is 602 Å². The van der Waals surface area contributed by atoms with Gasteiger partial charge in [0.25, 0.3) is 10.1 Å². The van der Waals surface area contributed by atoms with Crippen LogP contribution in [0.25, 0.3) is 0 Å². The summed E-state index contributed by atoms with van der Waals surface area (Å²) in [5, 5.41) is 0. The third-order valence-electron chi connectivity index (χ3n) is 19.4. The molecule has 0 aliphatic carbocycles. The van der Waals surface area contributed by atoms with Crippen molar-refractivity contribution in [1.29, 1.82) is 0 Å². The predicted octanol–water partition coefficient (Wildman–Crippen LogP) is 12.2. The number of quaternary nitrogens is 1. The summed E-state index contributed by atoms with van der Waals surface area (Å²) in [5.41, 5.74) is 5.89. The van der Waals surface area contributed by atoms with Crippen molar-refractivity contribution in [2.75, 3.05) is 105 Å². The van der Waals surface area contributed by atoms with E-state index in [0.29, 0.717) is 117 Å². The van der Waals surface area contributed by atoms with Crippen LogP contribution in [0.1, 0.15) is 85.8 Å². The molecule has 0 aromatic heterocycles. The number of methoxy groups -OCH3 is 2. The molecule has 11 rings (SSSR count). The number of benzene rings is 8. The van der Waals surface area contributed by atoms with Gasteiger partial charge in [-0.05, 0) is 184 Å². The molecule has 3 aliphatic rings. The summed E-state index contributed by atoms with van der Waals surface area (Å²) in [6.07, 6.45) is 3.07. The first-order chi connectivity index (χ1) is 48.4. The number of likely N-dealkylation sites (N-methyl/N-ethyl adjacent to an activating group) is 2. The van der Waals surface area contributed by atoms with Crippen LogP contribution in [0.2, 0.25) is 0 Å². The molecule has 0 radical (unpaired) electrons. The quantitative estimate of drug-likeness (QED) is 0.0310. The maximum atomic E-state index is 13.5. The van der Waals surface area contributed by atoms with Crippen LogP contribution in [0.5, 0.6) is 34.5 Å². The van der Waals surface area contributed by atoms with E-state index in [1.54, 1.807) is 60.7 Å². The largest absolute Gasteiger partial charge is 0.748 e. The molecule has 0 bridgehead atoms.